The summed E-state index contributed by atoms with van der Waals surface area (Å²) < 4.78 is 7.15. The summed E-state index contributed by atoms with van der Waals surface area (Å²) in [6.45, 7) is 4.96. The van der Waals surface area contributed by atoms with Crippen LogP contribution in [-0.4, -0.2) is 43.7 Å². The van der Waals surface area contributed by atoms with Gasteiger partial charge < -0.3 is 9.42 Å². The number of piperidine rings is 1. The molecule has 4 heterocycles. The second kappa shape index (κ2) is 5.74. The Hall–Kier alpha value is -2.70. The summed E-state index contributed by atoms with van der Waals surface area (Å²) in [6.07, 6.45) is 3.92. The van der Waals surface area contributed by atoms with Gasteiger partial charge in [-0.25, -0.2) is 0 Å². The van der Waals surface area contributed by atoms with E-state index in [1.807, 2.05) is 33.7 Å². The molecular weight excluding hydrogens is 306 g/mol. The number of hydrogen-bond donors (Lipinski definition) is 0. The number of pyridine rings is 1. The van der Waals surface area contributed by atoms with Gasteiger partial charge in [0.15, 0.2) is 5.65 Å². The molecule has 0 N–H and O–H groups in total. The molecule has 1 unspecified atom stereocenters. The molecule has 1 atom stereocenters. The third kappa shape index (κ3) is 2.36. The normalized spacial score (nSPS) is 18.2. The van der Waals surface area contributed by atoms with Crippen LogP contribution in [0.25, 0.3) is 5.65 Å². The molecule has 1 fully saturated rings. The smallest absolute Gasteiger partial charge is 0.259 e. The van der Waals surface area contributed by atoms with Crippen molar-refractivity contribution in [1.82, 2.24) is 24.7 Å². The van der Waals surface area contributed by atoms with Crippen molar-refractivity contribution >= 4 is 11.6 Å². The first kappa shape index (κ1) is 14.9. The standard InChI is InChI=1S/C17H19N5O2/c1-11-15(12(2)24-20-11)17(23)21-8-5-6-13(10-21)16-19-18-14-7-3-4-9-22(14)16/h3-4,7,9,13H,5-6,8,10H2,1-2H3. The fraction of sp³-hybridized carbons (Fsp3) is 0.412. The van der Waals surface area contributed by atoms with Crippen LogP contribution in [0.15, 0.2) is 28.9 Å². The molecule has 1 amide bonds. The van der Waals surface area contributed by atoms with Gasteiger partial charge in [0.2, 0.25) is 0 Å². The Balaban J connectivity index is 1.61. The zero-order valence-electron chi connectivity index (χ0n) is 13.8. The minimum Gasteiger partial charge on any atom is -0.361 e. The number of likely N-dealkylation sites (tertiary alicyclic amines) is 1. The topological polar surface area (TPSA) is 76.5 Å². The van der Waals surface area contributed by atoms with Gasteiger partial charge in [-0.15, -0.1) is 10.2 Å². The van der Waals surface area contributed by atoms with Crippen molar-refractivity contribution in [3.05, 3.63) is 47.2 Å². The Kier molecular flexibility index (Phi) is 3.55. The van der Waals surface area contributed by atoms with E-state index in [0.717, 1.165) is 30.9 Å². The van der Waals surface area contributed by atoms with Crippen LogP contribution in [0.1, 0.15) is 46.4 Å². The summed E-state index contributed by atoms with van der Waals surface area (Å²) in [5.41, 5.74) is 2.07. The van der Waals surface area contributed by atoms with Gasteiger partial charge in [-0.05, 0) is 38.8 Å². The first-order valence-corrected chi connectivity index (χ1v) is 8.17. The number of hydrogen-bond acceptors (Lipinski definition) is 5. The number of aryl methyl sites for hydroxylation is 2. The summed E-state index contributed by atoms with van der Waals surface area (Å²) in [4.78, 5) is 14.7. The summed E-state index contributed by atoms with van der Waals surface area (Å²) in [5.74, 6) is 1.67. The second-order valence-corrected chi connectivity index (χ2v) is 6.28. The van der Waals surface area contributed by atoms with Crippen LogP contribution in [0, 0.1) is 13.8 Å². The minimum atomic E-state index is -0.00947. The van der Waals surface area contributed by atoms with Crippen molar-refractivity contribution in [3.8, 4) is 0 Å². The van der Waals surface area contributed by atoms with E-state index < -0.39 is 0 Å². The second-order valence-electron chi connectivity index (χ2n) is 6.28. The number of nitrogens with zero attached hydrogens (tertiary/aromatic N) is 5. The third-order valence-corrected chi connectivity index (χ3v) is 4.66. The molecule has 0 radical (unpaired) electrons. The molecule has 24 heavy (non-hydrogen) atoms. The largest absolute Gasteiger partial charge is 0.361 e. The maximum absolute atomic E-state index is 12.9. The molecule has 124 valence electrons. The maximum atomic E-state index is 12.9. The maximum Gasteiger partial charge on any atom is 0.259 e. The molecule has 0 saturated carbocycles. The van der Waals surface area contributed by atoms with Crippen LogP contribution in [0.2, 0.25) is 0 Å². The lowest BCUT2D eigenvalue weighted by Gasteiger charge is -2.31. The van der Waals surface area contributed by atoms with Gasteiger partial charge >= 0.3 is 0 Å². The van der Waals surface area contributed by atoms with Gasteiger partial charge in [0.1, 0.15) is 17.1 Å². The molecule has 4 rings (SSSR count). The Morgan fingerprint density at radius 3 is 2.96 bits per heavy atom. The molecule has 0 bridgehead atoms. The minimum absolute atomic E-state index is 0.00947. The molecule has 0 aliphatic carbocycles. The van der Waals surface area contributed by atoms with Crippen LogP contribution in [-0.2, 0) is 0 Å². The highest BCUT2D eigenvalue weighted by Gasteiger charge is 2.30. The Bertz CT molecular complexity index is 878. The number of carbonyl (C=O) groups is 1. The third-order valence-electron chi connectivity index (χ3n) is 4.66. The van der Waals surface area contributed by atoms with Crippen molar-refractivity contribution in [2.45, 2.75) is 32.6 Å². The quantitative estimate of drug-likeness (QED) is 0.723. The van der Waals surface area contributed by atoms with Crippen molar-refractivity contribution in [2.75, 3.05) is 13.1 Å². The van der Waals surface area contributed by atoms with E-state index in [4.69, 9.17) is 4.52 Å². The average molecular weight is 325 g/mol. The highest BCUT2D eigenvalue weighted by molar-refractivity contribution is 5.96. The predicted octanol–water partition coefficient (Wildman–Crippen LogP) is 2.35. The Labute approximate surface area is 139 Å². The molecule has 1 aliphatic rings. The van der Waals surface area contributed by atoms with Gasteiger partial charge in [0, 0.05) is 25.2 Å². The Morgan fingerprint density at radius 1 is 1.29 bits per heavy atom. The highest BCUT2D eigenvalue weighted by atomic mass is 16.5. The highest BCUT2D eigenvalue weighted by Crippen LogP contribution is 2.28. The van der Waals surface area contributed by atoms with Gasteiger partial charge in [0.25, 0.3) is 5.91 Å². The van der Waals surface area contributed by atoms with E-state index in [-0.39, 0.29) is 11.8 Å². The van der Waals surface area contributed by atoms with E-state index in [2.05, 4.69) is 15.4 Å². The molecular formula is C17H19N5O2. The summed E-state index contributed by atoms with van der Waals surface area (Å²) in [5, 5.41) is 12.5. The van der Waals surface area contributed by atoms with E-state index in [1.54, 1.807) is 13.8 Å². The lowest BCUT2D eigenvalue weighted by molar-refractivity contribution is 0.0701. The number of aromatic nitrogens is 4. The molecule has 7 heteroatoms. The fourth-order valence-electron chi connectivity index (χ4n) is 3.46. The summed E-state index contributed by atoms with van der Waals surface area (Å²) in [6, 6.07) is 5.85. The summed E-state index contributed by atoms with van der Waals surface area (Å²) >= 11 is 0. The van der Waals surface area contributed by atoms with E-state index in [9.17, 15) is 4.79 Å². The van der Waals surface area contributed by atoms with E-state index in [1.165, 1.54) is 0 Å². The molecule has 7 nitrogen and oxygen atoms in total. The van der Waals surface area contributed by atoms with Crippen molar-refractivity contribution < 1.29 is 9.32 Å². The molecule has 1 saturated heterocycles. The molecule has 3 aromatic rings. The van der Waals surface area contributed by atoms with Crippen LogP contribution in [0.5, 0.6) is 0 Å². The monoisotopic (exact) mass is 325 g/mol. The lowest BCUT2D eigenvalue weighted by atomic mass is 9.96. The Morgan fingerprint density at radius 2 is 2.17 bits per heavy atom. The molecule has 1 aliphatic heterocycles. The summed E-state index contributed by atoms with van der Waals surface area (Å²) in [7, 11) is 0. The van der Waals surface area contributed by atoms with Crippen molar-refractivity contribution in [1.29, 1.82) is 0 Å². The van der Waals surface area contributed by atoms with Gasteiger partial charge in [-0.3, -0.25) is 9.20 Å². The van der Waals surface area contributed by atoms with Crippen molar-refractivity contribution in [2.24, 2.45) is 0 Å². The first-order valence-electron chi connectivity index (χ1n) is 8.17. The fourth-order valence-corrected chi connectivity index (χ4v) is 3.46. The molecule has 0 aromatic carbocycles. The van der Waals surface area contributed by atoms with Crippen LogP contribution >= 0.6 is 0 Å². The SMILES string of the molecule is Cc1noc(C)c1C(=O)N1CCCC(c2nnc3ccccn23)C1. The number of rotatable bonds is 2. The number of fused-ring (bicyclic) bond motifs is 1. The predicted molar refractivity (Wildman–Crippen MR) is 86.8 cm³/mol. The van der Waals surface area contributed by atoms with Gasteiger partial charge in [-0.1, -0.05) is 11.2 Å². The molecule has 3 aromatic heterocycles. The van der Waals surface area contributed by atoms with Crippen LogP contribution < -0.4 is 0 Å². The van der Waals surface area contributed by atoms with E-state index in [0.29, 0.717) is 23.6 Å². The van der Waals surface area contributed by atoms with Crippen LogP contribution in [0.4, 0.5) is 0 Å². The van der Waals surface area contributed by atoms with E-state index >= 15 is 0 Å². The van der Waals surface area contributed by atoms with Crippen molar-refractivity contribution in [3.63, 3.8) is 0 Å². The number of carbonyl (C=O) groups excluding carboxylic acids is 1. The lowest BCUT2D eigenvalue weighted by Crippen LogP contribution is -2.40. The average Bonchev–Trinajstić information content (AvgIpc) is 3.18. The first-order chi connectivity index (χ1) is 11.6. The van der Waals surface area contributed by atoms with Gasteiger partial charge in [0.05, 0.1) is 5.69 Å². The zero-order valence-corrected chi connectivity index (χ0v) is 13.8. The van der Waals surface area contributed by atoms with Gasteiger partial charge in [-0.2, -0.15) is 0 Å². The number of amides is 1. The zero-order chi connectivity index (χ0) is 16.7. The molecule has 0 spiro atoms. The van der Waals surface area contributed by atoms with Crippen LogP contribution in [0.3, 0.4) is 0 Å².